The monoisotopic (exact) mass is 671 g/mol. The van der Waals surface area contributed by atoms with Crippen molar-refractivity contribution >= 4 is 39.4 Å². The Hall–Kier alpha value is -4.75. The summed E-state index contributed by atoms with van der Waals surface area (Å²) in [6, 6.07) is 15.6. The third kappa shape index (κ3) is 6.92. The van der Waals surface area contributed by atoms with Crippen LogP contribution in [0.4, 0.5) is 16.2 Å². The van der Waals surface area contributed by atoms with Gasteiger partial charge in [-0.1, -0.05) is 51.5 Å². The quantitative estimate of drug-likeness (QED) is 0.165. The number of ether oxygens (including phenoxy) is 1. The number of nitrogens with one attached hydrogen (secondary N) is 3. The number of fused-ring (bicyclic) bond motifs is 2. The lowest BCUT2D eigenvalue weighted by Gasteiger charge is -2.34. The van der Waals surface area contributed by atoms with E-state index >= 15 is 0 Å². The number of carbonyl (C=O) groups excluding carboxylic acids is 2. The van der Waals surface area contributed by atoms with Gasteiger partial charge in [-0.05, 0) is 85.5 Å². The number of sulfonamides is 1. The Morgan fingerprint density at radius 1 is 1.06 bits per heavy atom. The van der Waals surface area contributed by atoms with Gasteiger partial charge in [0.2, 0.25) is 10.0 Å². The van der Waals surface area contributed by atoms with Gasteiger partial charge in [0.25, 0.3) is 0 Å². The fourth-order valence-electron chi connectivity index (χ4n) is 6.39. The zero-order valence-corrected chi connectivity index (χ0v) is 28.5. The van der Waals surface area contributed by atoms with Crippen molar-refractivity contribution in [3.05, 3.63) is 95.5 Å². The van der Waals surface area contributed by atoms with Crippen molar-refractivity contribution in [3.8, 4) is 5.75 Å². The average Bonchev–Trinajstić information content (AvgIpc) is 3.44. The van der Waals surface area contributed by atoms with Crippen molar-refractivity contribution < 1.29 is 22.7 Å². The van der Waals surface area contributed by atoms with E-state index in [9.17, 15) is 18.0 Å². The van der Waals surface area contributed by atoms with Gasteiger partial charge in [0.05, 0.1) is 24.2 Å². The van der Waals surface area contributed by atoms with Crippen molar-refractivity contribution in [1.82, 2.24) is 24.8 Å². The second kappa shape index (κ2) is 12.7. The van der Waals surface area contributed by atoms with Gasteiger partial charge in [0, 0.05) is 11.3 Å². The van der Waals surface area contributed by atoms with Gasteiger partial charge in [-0.2, -0.15) is 0 Å². The fraction of sp³-hybridized carbons (Fsp3) is 0.371. The minimum absolute atomic E-state index is 0.170. The number of anilines is 2. The van der Waals surface area contributed by atoms with Gasteiger partial charge in [-0.3, -0.25) is 18.8 Å². The van der Waals surface area contributed by atoms with E-state index in [1.807, 2.05) is 55.6 Å². The third-order valence-corrected chi connectivity index (χ3v) is 9.45. The first kappa shape index (κ1) is 33.2. The molecular formula is C35H41N7O5S. The molecule has 2 aromatic heterocycles. The molecule has 0 unspecified atom stereocenters. The highest BCUT2D eigenvalue weighted by molar-refractivity contribution is 7.92. The summed E-state index contributed by atoms with van der Waals surface area (Å²) in [6.07, 6.45) is 9.82. The van der Waals surface area contributed by atoms with Gasteiger partial charge in [-0.25, -0.2) is 13.2 Å². The minimum atomic E-state index is -3.56. The summed E-state index contributed by atoms with van der Waals surface area (Å²) in [5.41, 5.74) is 1.70. The highest BCUT2D eigenvalue weighted by Crippen LogP contribution is 2.38. The number of benzene rings is 2. The number of carbonyl (C=O) groups is 2. The number of amides is 2. The fourth-order valence-corrected chi connectivity index (χ4v) is 6.93. The van der Waals surface area contributed by atoms with E-state index in [2.05, 4.69) is 37.5 Å². The van der Waals surface area contributed by atoms with Crippen LogP contribution in [0.1, 0.15) is 74.7 Å². The molecule has 1 fully saturated rings. The van der Waals surface area contributed by atoms with E-state index in [0.717, 1.165) is 48.2 Å². The van der Waals surface area contributed by atoms with E-state index in [1.165, 1.54) is 12.5 Å². The molecule has 4 aromatic rings. The van der Waals surface area contributed by atoms with Crippen molar-refractivity contribution in [2.45, 2.75) is 63.1 Å². The first-order chi connectivity index (χ1) is 22.7. The molecule has 1 aliphatic heterocycles. The standard InChI is InChI=1S/C35H41N7O5S/c1-34(2,3)23-18-24(20-25(19-23)40-48(5,45)46)36-33(44)37-35(22-43)16-15-30(27-10-6-7-11-28(27)35)47-26-13-14-31-38-39-32(42(31)21-26)29-12-8-9-17-41(29)4/h6-7,10-11,13-16,18-22,29-30,40H,8-9,12,17H2,1-5H3,(H2,36,37,44)/t29-,30+,35+/m0/s1. The molecule has 2 aliphatic rings. The number of aromatic nitrogens is 3. The molecule has 3 atom stereocenters. The normalized spacial score (nSPS) is 21.4. The zero-order chi connectivity index (χ0) is 34.3. The van der Waals surface area contributed by atoms with E-state index in [4.69, 9.17) is 4.74 Å². The lowest BCUT2D eigenvalue weighted by molar-refractivity contribution is -0.111. The Morgan fingerprint density at radius 2 is 1.83 bits per heavy atom. The summed E-state index contributed by atoms with van der Waals surface area (Å²) >= 11 is 0. The summed E-state index contributed by atoms with van der Waals surface area (Å²) < 4.78 is 34.9. The Labute approximate surface area is 280 Å². The van der Waals surface area contributed by atoms with Gasteiger partial charge in [0.15, 0.2) is 17.8 Å². The van der Waals surface area contributed by atoms with Crippen LogP contribution in [-0.4, -0.2) is 60.1 Å². The number of piperidine rings is 1. The maximum Gasteiger partial charge on any atom is 0.320 e. The largest absolute Gasteiger partial charge is 0.480 e. The summed E-state index contributed by atoms with van der Waals surface area (Å²) in [5.74, 6) is 1.48. The van der Waals surface area contributed by atoms with Crippen LogP contribution in [0.25, 0.3) is 5.65 Å². The van der Waals surface area contributed by atoms with E-state index in [1.54, 1.807) is 36.4 Å². The minimum Gasteiger partial charge on any atom is -0.480 e. The zero-order valence-electron chi connectivity index (χ0n) is 27.7. The van der Waals surface area contributed by atoms with Crippen LogP contribution >= 0.6 is 0 Å². The molecule has 0 saturated carbocycles. The Morgan fingerprint density at radius 3 is 2.56 bits per heavy atom. The van der Waals surface area contributed by atoms with Crippen molar-refractivity contribution in [2.75, 3.05) is 29.9 Å². The number of hydrogen-bond donors (Lipinski definition) is 3. The number of hydrogen-bond acceptors (Lipinski definition) is 8. The molecule has 12 nitrogen and oxygen atoms in total. The maximum atomic E-state index is 13.5. The summed E-state index contributed by atoms with van der Waals surface area (Å²) in [7, 11) is -1.45. The number of aldehydes is 1. The first-order valence-corrected chi connectivity index (χ1v) is 17.8. The summed E-state index contributed by atoms with van der Waals surface area (Å²) in [6.45, 7) is 6.96. The Bertz CT molecular complexity index is 2000. The van der Waals surface area contributed by atoms with Crippen molar-refractivity contribution in [2.24, 2.45) is 0 Å². The molecular weight excluding hydrogens is 630 g/mol. The van der Waals surface area contributed by atoms with E-state index < -0.39 is 27.7 Å². The van der Waals surface area contributed by atoms with E-state index in [-0.39, 0.29) is 11.5 Å². The lowest BCUT2D eigenvalue weighted by Crippen LogP contribution is -2.49. The molecule has 0 radical (unpaired) electrons. The van der Waals surface area contributed by atoms with Crippen LogP contribution in [0.2, 0.25) is 0 Å². The summed E-state index contributed by atoms with van der Waals surface area (Å²) in [4.78, 5) is 28.6. The van der Waals surface area contributed by atoms with Crippen LogP contribution in [0.15, 0.2) is 72.9 Å². The highest BCUT2D eigenvalue weighted by atomic mass is 32.2. The highest BCUT2D eigenvalue weighted by Gasteiger charge is 2.38. The van der Waals surface area contributed by atoms with Crippen LogP contribution in [0.5, 0.6) is 5.75 Å². The number of rotatable bonds is 8. The van der Waals surface area contributed by atoms with Gasteiger partial charge in [0.1, 0.15) is 17.4 Å². The molecule has 3 N–H and O–H groups in total. The lowest BCUT2D eigenvalue weighted by atomic mass is 9.81. The predicted molar refractivity (Wildman–Crippen MR) is 185 cm³/mol. The second-order valence-corrected chi connectivity index (χ2v) is 15.4. The predicted octanol–water partition coefficient (Wildman–Crippen LogP) is 5.46. The number of pyridine rings is 1. The average molecular weight is 672 g/mol. The third-order valence-electron chi connectivity index (χ3n) is 8.85. The van der Waals surface area contributed by atoms with Gasteiger partial charge in [-0.15, -0.1) is 10.2 Å². The molecule has 13 heteroatoms. The first-order valence-electron chi connectivity index (χ1n) is 15.9. The molecule has 252 valence electrons. The molecule has 0 bridgehead atoms. The molecule has 1 aliphatic carbocycles. The van der Waals surface area contributed by atoms with E-state index in [0.29, 0.717) is 29.0 Å². The Balaban J connectivity index is 1.25. The summed E-state index contributed by atoms with van der Waals surface area (Å²) in [5, 5.41) is 14.5. The topological polar surface area (TPSA) is 147 Å². The van der Waals surface area contributed by atoms with Crippen molar-refractivity contribution in [3.63, 3.8) is 0 Å². The molecule has 0 spiro atoms. The second-order valence-electron chi connectivity index (χ2n) is 13.6. The SMILES string of the molecule is CN1CCCC[C@H]1c1nnc2ccc(O[C@@H]3C=C[C@](C=O)(NC(=O)Nc4cc(NS(C)(=O)=O)cc(C(C)(C)C)c4)c4ccccc43)cn12. The maximum absolute atomic E-state index is 13.5. The molecule has 1 saturated heterocycles. The van der Waals surface area contributed by atoms with Gasteiger partial charge < -0.3 is 15.4 Å². The van der Waals surface area contributed by atoms with Gasteiger partial charge >= 0.3 is 6.03 Å². The van der Waals surface area contributed by atoms with Crippen LogP contribution in [0.3, 0.4) is 0 Å². The molecule has 6 rings (SSSR count). The number of urea groups is 1. The molecule has 2 amide bonds. The number of nitrogens with zero attached hydrogens (tertiary/aromatic N) is 4. The Kier molecular flexibility index (Phi) is 8.77. The molecule has 3 heterocycles. The van der Waals surface area contributed by atoms with Crippen LogP contribution in [0, 0.1) is 0 Å². The van der Waals surface area contributed by atoms with Crippen LogP contribution < -0.4 is 20.1 Å². The number of likely N-dealkylation sites (tertiary alicyclic amines) is 1. The molecule has 48 heavy (non-hydrogen) atoms. The molecule has 2 aromatic carbocycles. The smallest absolute Gasteiger partial charge is 0.320 e. The van der Waals surface area contributed by atoms with Crippen molar-refractivity contribution in [1.29, 1.82) is 0 Å². The van der Waals surface area contributed by atoms with Crippen LogP contribution in [-0.2, 0) is 25.8 Å².